The smallest absolute Gasteiger partial charge is 0.191 e. The first-order valence-electron chi connectivity index (χ1n) is 7.53. The summed E-state index contributed by atoms with van der Waals surface area (Å²) in [6.45, 7) is 10.3. The first-order chi connectivity index (χ1) is 9.62. The Bertz CT molecular complexity index is 402. The van der Waals surface area contributed by atoms with Crippen molar-refractivity contribution in [3.05, 3.63) is 17.0 Å². The summed E-state index contributed by atoms with van der Waals surface area (Å²) >= 11 is 0. The molecule has 0 aromatic carbocycles. The lowest BCUT2D eigenvalue weighted by Gasteiger charge is -2.13. The molecule has 2 N–H and O–H groups in total. The monoisotopic (exact) mass is 280 g/mol. The van der Waals surface area contributed by atoms with Crippen molar-refractivity contribution in [1.82, 2.24) is 15.8 Å². The summed E-state index contributed by atoms with van der Waals surface area (Å²) in [5.41, 5.74) is 2.20. The van der Waals surface area contributed by atoms with Gasteiger partial charge in [-0.1, -0.05) is 32.9 Å². The van der Waals surface area contributed by atoms with Gasteiger partial charge in [0.1, 0.15) is 5.76 Å². The average molecular weight is 280 g/mol. The molecule has 1 aromatic rings. The molecule has 114 valence electrons. The molecule has 5 heteroatoms. The van der Waals surface area contributed by atoms with Crippen molar-refractivity contribution in [3.8, 4) is 0 Å². The van der Waals surface area contributed by atoms with Crippen LogP contribution in [0.1, 0.15) is 51.1 Å². The van der Waals surface area contributed by atoms with E-state index in [0.717, 1.165) is 43.2 Å². The predicted octanol–water partition coefficient (Wildman–Crippen LogP) is 2.51. The van der Waals surface area contributed by atoms with Crippen molar-refractivity contribution < 1.29 is 4.52 Å². The van der Waals surface area contributed by atoms with Gasteiger partial charge in [-0.15, -0.1) is 0 Å². The van der Waals surface area contributed by atoms with E-state index in [-0.39, 0.29) is 0 Å². The highest BCUT2D eigenvalue weighted by atomic mass is 16.5. The molecule has 0 aliphatic rings. The van der Waals surface area contributed by atoms with Gasteiger partial charge in [0.2, 0.25) is 0 Å². The fraction of sp³-hybridized carbons (Fsp3) is 0.733. The molecule has 0 amide bonds. The minimum atomic E-state index is 0.692. The maximum absolute atomic E-state index is 5.36. The maximum Gasteiger partial charge on any atom is 0.191 e. The Morgan fingerprint density at radius 2 is 2.00 bits per heavy atom. The number of rotatable bonds is 7. The van der Waals surface area contributed by atoms with Gasteiger partial charge in [-0.3, -0.25) is 4.99 Å². The molecule has 0 bridgehead atoms. The third-order valence-electron chi connectivity index (χ3n) is 3.28. The fourth-order valence-electron chi connectivity index (χ4n) is 2.01. The molecule has 0 saturated heterocycles. The standard InChI is InChI=1S/C15H28N4O/c1-6-13-12(14(7-2)20-19-13)10-18-15(16-5)17-9-8-11(3)4/h11H,6-10H2,1-5H3,(H2,16,17,18). The number of guanidine groups is 1. The van der Waals surface area contributed by atoms with Crippen LogP contribution in [0.4, 0.5) is 0 Å². The second-order valence-corrected chi connectivity index (χ2v) is 5.27. The molecular weight excluding hydrogens is 252 g/mol. The third kappa shape index (κ3) is 4.87. The zero-order valence-electron chi connectivity index (χ0n) is 13.4. The van der Waals surface area contributed by atoms with Crippen LogP contribution in [0.3, 0.4) is 0 Å². The Morgan fingerprint density at radius 3 is 2.55 bits per heavy atom. The van der Waals surface area contributed by atoms with Gasteiger partial charge in [-0.05, 0) is 18.8 Å². The summed E-state index contributed by atoms with van der Waals surface area (Å²) in [6, 6.07) is 0. The lowest BCUT2D eigenvalue weighted by Crippen LogP contribution is -2.37. The van der Waals surface area contributed by atoms with E-state index in [1.165, 1.54) is 5.56 Å². The summed E-state index contributed by atoms with van der Waals surface area (Å²) in [5.74, 6) is 2.49. The lowest BCUT2D eigenvalue weighted by atomic mass is 10.1. The van der Waals surface area contributed by atoms with Crippen LogP contribution in [0.2, 0.25) is 0 Å². The average Bonchev–Trinajstić information content (AvgIpc) is 2.84. The zero-order valence-corrected chi connectivity index (χ0v) is 13.4. The van der Waals surface area contributed by atoms with Gasteiger partial charge in [-0.2, -0.15) is 0 Å². The minimum absolute atomic E-state index is 0.692. The Balaban J connectivity index is 2.54. The van der Waals surface area contributed by atoms with Gasteiger partial charge in [0.25, 0.3) is 0 Å². The first kappa shape index (κ1) is 16.5. The molecule has 20 heavy (non-hydrogen) atoms. The van der Waals surface area contributed by atoms with Crippen molar-refractivity contribution in [3.63, 3.8) is 0 Å². The van der Waals surface area contributed by atoms with E-state index in [9.17, 15) is 0 Å². The molecule has 0 radical (unpaired) electrons. The molecule has 0 fully saturated rings. The van der Waals surface area contributed by atoms with Gasteiger partial charge >= 0.3 is 0 Å². The second-order valence-electron chi connectivity index (χ2n) is 5.27. The highest BCUT2D eigenvalue weighted by Crippen LogP contribution is 2.15. The summed E-state index contributed by atoms with van der Waals surface area (Å²) in [6.07, 6.45) is 2.89. The Kier molecular flexibility index (Phi) is 7.12. The van der Waals surface area contributed by atoms with Gasteiger partial charge in [0, 0.05) is 32.1 Å². The number of hydrogen-bond donors (Lipinski definition) is 2. The normalized spacial score (nSPS) is 12.0. The second kappa shape index (κ2) is 8.61. The molecule has 1 heterocycles. The molecule has 1 aromatic heterocycles. The van der Waals surface area contributed by atoms with E-state index in [4.69, 9.17) is 4.52 Å². The van der Waals surface area contributed by atoms with Crippen LogP contribution in [0.15, 0.2) is 9.52 Å². The van der Waals surface area contributed by atoms with Crippen LogP contribution < -0.4 is 10.6 Å². The Hall–Kier alpha value is -1.52. The van der Waals surface area contributed by atoms with Crippen LogP contribution in [0.5, 0.6) is 0 Å². The molecule has 1 rings (SSSR count). The topological polar surface area (TPSA) is 62.5 Å². The van der Waals surface area contributed by atoms with Crippen LogP contribution in [-0.4, -0.2) is 24.7 Å². The molecule has 0 aliphatic carbocycles. The van der Waals surface area contributed by atoms with E-state index in [2.05, 4.69) is 48.5 Å². The van der Waals surface area contributed by atoms with E-state index >= 15 is 0 Å². The summed E-state index contributed by atoms with van der Waals surface area (Å²) < 4.78 is 5.36. The van der Waals surface area contributed by atoms with Crippen molar-refractivity contribution in [1.29, 1.82) is 0 Å². The van der Waals surface area contributed by atoms with E-state index < -0.39 is 0 Å². The third-order valence-corrected chi connectivity index (χ3v) is 3.28. The van der Waals surface area contributed by atoms with Gasteiger partial charge < -0.3 is 15.2 Å². The van der Waals surface area contributed by atoms with Crippen LogP contribution in [0, 0.1) is 5.92 Å². The number of aryl methyl sites for hydroxylation is 2. The number of hydrogen-bond acceptors (Lipinski definition) is 3. The molecule has 0 unspecified atom stereocenters. The SMILES string of the molecule is CCc1noc(CC)c1CNC(=NC)NCCC(C)C. The minimum Gasteiger partial charge on any atom is -0.361 e. The Morgan fingerprint density at radius 1 is 1.25 bits per heavy atom. The molecule has 5 nitrogen and oxygen atoms in total. The van der Waals surface area contributed by atoms with E-state index in [0.29, 0.717) is 12.5 Å². The quantitative estimate of drug-likeness (QED) is 0.595. The van der Waals surface area contributed by atoms with Crippen molar-refractivity contribution in [2.75, 3.05) is 13.6 Å². The molecule has 0 aliphatic heterocycles. The van der Waals surface area contributed by atoms with Crippen LogP contribution in [-0.2, 0) is 19.4 Å². The molecule has 0 atom stereocenters. The van der Waals surface area contributed by atoms with Crippen LogP contribution in [0.25, 0.3) is 0 Å². The zero-order chi connectivity index (χ0) is 15.0. The molecular formula is C15H28N4O. The highest BCUT2D eigenvalue weighted by Gasteiger charge is 2.13. The summed E-state index contributed by atoms with van der Waals surface area (Å²) in [5, 5.41) is 10.8. The largest absolute Gasteiger partial charge is 0.361 e. The van der Waals surface area contributed by atoms with Crippen molar-refractivity contribution in [2.24, 2.45) is 10.9 Å². The van der Waals surface area contributed by atoms with Crippen molar-refractivity contribution >= 4 is 5.96 Å². The van der Waals surface area contributed by atoms with E-state index in [1.807, 2.05) is 0 Å². The van der Waals surface area contributed by atoms with Gasteiger partial charge in [-0.25, -0.2) is 0 Å². The van der Waals surface area contributed by atoms with E-state index in [1.54, 1.807) is 7.05 Å². The molecule has 0 spiro atoms. The fourth-order valence-corrected chi connectivity index (χ4v) is 2.01. The van der Waals surface area contributed by atoms with Gasteiger partial charge in [0.05, 0.1) is 5.69 Å². The summed E-state index contributed by atoms with van der Waals surface area (Å²) in [4.78, 5) is 4.24. The highest BCUT2D eigenvalue weighted by molar-refractivity contribution is 5.79. The lowest BCUT2D eigenvalue weighted by molar-refractivity contribution is 0.380. The number of aliphatic imine (C=N–C) groups is 1. The van der Waals surface area contributed by atoms with Gasteiger partial charge in [0.15, 0.2) is 5.96 Å². The summed E-state index contributed by atoms with van der Waals surface area (Å²) in [7, 11) is 1.79. The van der Waals surface area contributed by atoms with Crippen molar-refractivity contribution in [2.45, 2.75) is 53.5 Å². The maximum atomic E-state index is 5.36. The number of aromatic nitrogens is 1. The predicted molar refractivity (Wildman–Crippen MR) is 82.9 cm³/mol. The molecule has 0 saturated carbocycles. The first-order valence-corrected chi connectivity index (χ1v) is 7.53. The number of nitrogens with zero attached hydrogens (tertiary/aromatic N) is 2. The number of nitrogens with one attached hydrogen (secondary N) is 2. The van der Waals surface area contributed by atoms with Crippen LogP contribution >= 0.6 is 0 Å². The Labute approximate surface area is 122 Å².